The van der Waals surface area contributed by atoms with E-state index in [1.165, 1.54) is 6.07 Å². The average molecular weight is 312 g/mol. The van der Waals surface area contributed by atoms with Gasteiger partial charge >= 0.3 is 0 Å². The number of sulfonamides is 1. The Kier molecular flexibility index (Phi) is 5.92. The van der Waals surface area contributed by atoms with Gasteiger partial charge in [0.2, 0.25) is 10.0 Å². The first kappa shape index (κ1) is 17.7. The van der Waals surface area contributed by atoms with Gasteiger partial charge in [-0.2, -0.15) is 0 Å². The van der Waals surface area contributed by atoms with Gasteiger partial charge in [-0.05, 0) is 37.0 Å². The molecule has 1 rings (SSSR count). The molecule has 0 aliphatic rings. The van der Waals surface area contributed by atoms with Crippen molar-refractivity contribution in [1.29, 1.82) is 0 Å². The molecule has 0 unspecified atom stereocenters. The summed E-state index contributed by atoms with van der Waals surface area (Å²) in [6.45, 7) is 8.20. The van der Waals surface area contributed by atoms with E-state index in [0.29, 0.717) is 23.6 Å². The summed E-state index contributed by atoms with van der Waals surface area (Å²) < 4.78 is 23.1. The summed E-state index contributed by atoms with van der Waals surface area (Å²) >= 11 is 0. The molecular weight excluding hydrogens is 288 g/mol. The maximum Gasteiger partial charge on any atom is 0.251 e. The minimum atomic E-state index is -3.83. The SMILES string of the molecule is CCC(CC)CNC(=O)c1cc(S(N)(=O)=O)c(C)cc1C. The number of hydrogen-bond donors (Lipinski definition) is 2. The normalized spacial score (nSPS) is 11.7. The molecule has 5 nitrogen and oxygen atoms in total. The molecule has 1 amide bonds. The third-order valence-corrected chi connectivity index (χ3v) is 4.83. The molecule has 1 aromatic rings. The quantitative estimate of drug-likeness (QED) is 0.843. The zero-order valence-corrected chi connectivity index (χ0v) is 13.9. The molecule has 0 radical (unpaired) electrons. The van der Waals surface area contributed by atoms with Crippen LogP contribution < -0.4 is 10.5 Å². The van der Waals surface area contributed by atoms with Gasteiger partial charge in [0.25, 0.3) is 5.91 Å². The third-order valence-electron chi connectivity index (χ3n) is 3.78. The molecule has 0 saturated heterocycles. The highest BCUT2D eigenvalue weighted by Crippen LogP contribution is 2.19. The molecule has 1 aromatic carbocycles. The van der Waals surface area contributed by atoms with Crippen LogP contribution in [-0.4, -0.2) is 20.9 Å². The molecule has 118 valence electrons. The van der Waals surface area contributed by atoms with Crippen molar-refractivity contribution < 1.29 is 13.2 Å². The number of rotatable bonds is 6. The fraction of sp³-hybridized carbons (Fsp3) is 0.533. The van der Waals surface area contributed by atoms with E-state index in [9.17, 15) is 13.2 Å². The predicted octanol–water partition coefficient (Wildman–Crippen LogP) is 2.12. The van der Waals surface area contributed by atoms with Crippen molar-refractivity contribution in [2.24, 2.45) is 11.1 Å². The topological polar surface area (TPSA) is 89.3 Å². The summed E-state index contributed by atoms with van der Waals surface area (Å²) in [4.78, 5) is 12.2. The van der Waals surface area contributed by atoms with E-state index >= 15 is 0 Å². The molecule has 0 atom stereocenters. The minimum absolute atomic E-state index is 0.000725. The largest absolute Gasteiger partial charge is 0.352 e. The molecular formula is C15H24N2O3S. The number of primary sulfonamides is 1. The number of nitrogens with two attached hydrogens (primary N) is 1. The van der Waals surface area contributed by atoms with Crippen LogP contribution in [0.4, 0.5) is 0 Å². The van der Waals surface area contributed by atoms with E-state index in [2.05, 4.69) is 19.2 Å². The van der Waals surface area contributed by atoms with Crippen molar-refractivity contribution in [2.75, 3.05) is 6.54 Å². The number of carbonyl (C=O) groups excluding carboxylic acids is 1. The number of amides is 1. The minimum Gasteiger partial charge on any atom is -0.352 e. The van der Waals surface area contributed by atoms with Crippen LogP contribution in [-0.2, 0) is 10.0 Å². The van der Waals surface area contributed by atoms with Crippen molar-refractivity contribution in [1.82, 2.24) is 5.32 Å². The molecule has 0 aromatic heterocycles. The second kappa shape index (κ2) is 7.04. The number of aryl methyl sites for hydroxylation is 2. The lowest BCUT2D eigenvalue weighted by Crippen LogP contribution is -2.30. The summed E-state index contributed by atoms with van der Waals surface area (Å²) in [6, 6.07) is 3.04. The highest BCUT2D eigenvalue weighted by Gasteiger charge is 2.18. The maximum absolute atomic E-state index is 12.2. The molecule has 3 N–H and O–H groups in total. The fourth-order valence-electron chi connectivity index (χ4n) is 2.29. The summed E-state index contributed by atoms with van der Waals surface area (Å²) in [7, 11) is -3.83. The second-order valence-corrected chi connectivity index (χ2v) is 6.90. The van der Waals surface area contributed by atoms with Crippen molar-refractivity contribution in [3.63, 3.8) is 0 Å². The number of carbonyl (C=O) groups is 1. The van der Waals surface area contributed by atoms with Gasteiger partial charge in [0.15, 0.2) is 0 Å². The van der Waals surface area contributed by atoms with Crippen LogP contribution >= 0.6 is 0 Å². The van der Waals surface area contributed by atoms with E-state index in [4.69, 9.17) is 5.14 Å². The van der Waals surface area contributed by atoms with Crippen LogP contribution in [0.2, 0.25) is 0 Å². The molecule has 0 spiro atoms. The van der Waals surface area contributed by atoms with E-state index in [-0.39, 0.29) is 10.8 Å². The third kappa shape index (κ3) is 4.54. The van der Waals surface area contributed by atoms with Crippen molar-refractivity contribution in [3.05, 3.63) is 28.8 Å². The molecule has 0 bridgehead atoms. The predicted molar refractivity (Wildman–Crippen MR) is 83.7 cm³/mol. The van der Waals surface area contributed by atoms with Gasteiger partial charge in [-0.1, -0.05) is 32.8 Å². The Bertz CT molecular complexity index is 620. The zero-order valence-electron chi connectivity index (χ0n) is 13.1. The molecule has 6 heteroatoms. The maximum atomic E-state index is 12.2. The van der Waals surface area contributed by atoms with Gasteiger partial charge < -0.3 is 5.32 Å². The van der Waals surface area contributed by atoms with Crippen molar-refractivity contribution in [3.8, 4) is 0 Å². The van der Waals surface area contributed by atoms with E-state index in [1.54, 1.807) is 19.9 Å². The lowest BCUT2D eigenvalue weighted by molar-refractivity contribution is 0.0945. The first-order valence-corrected chi connectivity index (χ1v) is 8.67. The highest BCUT2D eigenvalue weighted by atomic mass is 32.2. The van der Waals surface area contributed by atoms with Crippen LogP contribution in [0.1, 0.15) is 48.2 Å². The van der Waals surface area contributed by atoms with Crippen molar-refractivity contribution in [2.45, 2.75) is 45.4 Å². The number of benzene rings is 1. The van der Waals surface area contributed by atoms with Gasteiger partial charge in [0, 0.05) is 12.1 Å². The first-order chi connectivity index (χ1) is 9.70. The lowest BCUT2D eigenvalue weighted by atomic mass is 10.0. The summed E-state index contributed by atoms with van der Waals surface area (Å²) in [5, 5.41) is 8.05. The Morgan fingerprint density at radius 1 is 1.19 bits per heavy atom. The number of nitrogens with one attached hydrogen (secondary N) is 1. The van der Waals surface area contributed by atoms with Crippen LogP contribution in [0.25, 0.3) is 0 Å². The summed E-state index contributed by atoms with van der Waals surface area (Å²) in [6.07, 6.45) is 1.98. The standard InChI is InChI=1S/C15H24N2O3S/c1-5-12(6-2)9-17-15(18)13-8-14(21(16,19)20)11(4)7-10(13)3/h7-8,12H,5-6,9H2,1-4H3,(H,17,18)(H2,16,19,20). The van der Waals surface area contributed by atoms with Gasteiger partial charge in [-0.15, -0.1) is 0 Å². The molecule has 0 heterocycles. The zero-order chi connectivity index (χ0) is 16.2. The molecule has 21 heavy (non-hydrogen) atoms. The smallest absolute Gasteiger partial charge is 0.251 e. The van der Waals surface area contributed by atoms with Crippen LogP contribution in [0.3, 0.4) is 0 Å². The highest BCUT2D eigenvalue weighted by molar-refractivity contribution is 7.89. The fourth-order valence-corrected chi connectivity index (χ4v) is 3.08. The Morgan fingerprint density at radius 2 is 1.76 bits per heavy atom. The first-order valence-electron chi connectivity index (χ1n) is 7.12. The molecule has 0 aliphatic heterocycles. The monoisotopic (exact) mass is 312 g/mol. The molecule has 0 aliphatic carbocycles. The second-order valence-electron chi connectivity index (χ2n) is 5.37. The Morgan fingerprint density at radius 3 is 2.24 bits per heavy atom. The average Bonchev–Trinajstić information content (AvgIpc) is 2.38. The summed E-state index contributed by atoms with van der Waals surface area (Å²) in [5.41, 5.74) is 1.64. The van der Waals surface area contributed by atoms with Gasteiger partial charge in [-0.25, -0.2) is 13.6 Å². The van der Waals surface area contributed by atoms with Crippen LogP contribution in [0, 0.1) is 19.8 Å². The molecule has 0 saturated carbocycles. The van der Waals surface area contributed by atoms with E-state index in [1.807, 2.05) is 0 Å². The summed E-state index contributed by atoms with van der Waals surface area (Å²) in [5.74, 6) is 0.168. The van der Waals surface area contributed by atoms with Crippen molar-refractivity contribution >= 4 is 15.9 Å². The van der Waals surface area contributed by atoms with Gasteiger partial charge in [-0.3, -0.25) is 4.79 Å². The van der Waals surface area contributed by atoms with Crippen LogP contribution in [0.15, 0.2) is 17.0 Å². The van der Waals surface area contributed by atoms with Crippen LogP contribution in [0.5, 0.6) is 0 Å². The molecule has 0 fully saturated rings. The number of hydrogen-bond acceptors (Lipinski definition) is 3. The lowest BCUT2D eigenvalue weighted by Gasteiger charge is -2.15. The van der Waals surface area contributed by atoms with Gasteiger partial charge in [0.1, 0.15) is 0 Å². The Labute approximate surface area is 127 Å². The van der Waals surface area contributed by atoms with Gasteiger partial charge in [0.05, 0.1) is 4.90 Å². The Hall–Kier alpha value is -1.40. The Balaban J connectivity index is 3.05. The van der Waals surface area contributed by atoms with E-state index < -0.39 is 10.0 Å². The van der Waals surface area contributed by atoms with E-state index in [0.717, 1.165) is 18.4 Å².